The smallest absolute Gasteiger partial charge is 0.332 e. The van der Waals surface area contributed by atoms with Gasteiger partial charge in [-0.1, -0.05) is 0 Å². The number of aromatic nitrogens is 4. The number of fused-ring (bicyclic) bond motifs is 1. The van der Waals surface area contributed by atoms with Gasteiger partial charge in [-0.2, -0.15) is 0 Å². The third-order valence-corrected chi connectivity index (χ3v) is 2.29. The zero-order valence-corrected chi connectivity index (χ0v) is 8.85. The number of ketones is 1. The molecule has 0 saturated heterocycles. The number of hydrogen-bond acceptors (Lipinski definition) is 4. The summed E-state index contributed by atoms with van der Waals surface area (Å²) in [6.07, 6.45) is 1.34. The lowest BCUT2D eigenvalue weighted by atomic mass is 10.4. The van der Waals surface area contributed by atoms with Crippen LogP contribution in [0.4, 0.5) is 0 Å². The quantitative estimate of drug-likeness (QED) is 0.706. The Hall–Kier alpha value is -2.18. The molecule has 0 aliphatic heterocycles. The fourth-order valence-electron chi connectivity index (χ4n) is 1.55. The van der Waals surface area contributed by atoms with E-state index in [0.717, 1.165) is 4.57 Å². The van der Waals surface area contributed by atoms with Gasteiger partial charge in [0.05, 0.1) is 12.9 Å². The summed E-state index contributed by atoms with van der Waals surface area (Å²) in [6.45, 7) is 1.10. The van der Waals surface area contributed by atoms with E-state index in [2.05, 4.69) is 9.97 Å². The second kappa shape index (κ2) is 3.44. The van der Waals surface area contributed by atoms with Crippen LogP contribution in [0, 0.1) is 0 Å². The summed E-state index contributed by atoms with van der Waals surface area (Å²) in [6, 6.07) is 0. The Morgan fingerprint density at radius 2 is 2.19 bits per heavy atom. The monoisotopic (exact) mass is 222 g/mol. The number of hydrogen-bond donors (Lipinski definition) is 1. The van der Waals surface area contributed by atoms with E-state index < -0.39 is 11.2 Å². The van der Waals surface area contributed by atoms with Gasteiger partial charge in [0.2, 0.25) is 0 Å². The van der Waals surface area contributed by atoms with E-state index in [4.69, 9.17) is 0 Å². The van der Waals surface area contributed by atoms with Crippen LogP contribution in [0.5, 0.6) is 0 Å². The number of aryl methyl sites for hydroxylation is 1. The summed E-state index contributed by atoms with van der Waals surface area (Å²) >= 11 is 0. The minimum Gasteiger partial charge on any atom is -0.339 e. The first-order valence-corrected chi connectivity index (χ1v) is 4.64. The molecule has 0 radical (unpaired) electrons. The first-order valence-electron chi connectivity index (χ1n) is 4.64. The molecule has 7 nitrogen and oxygen atoms in total. The lowest BCUT2D eigenvalue weighted by molar-refractivity contribution is -0.117. The third-order valence-electron chi connectivity index (χ3n) is 2.29. The van der Waals surface area contributed by atoms with E-state index in [-0.39, 0.29) is 23.5 Å². The van der Waals surface area contributed by atoms with Gasteiger partial charge in [-0.05, 0) is 6.92 Å². The molecule has 2 heterocycles. The molecule has 0 fully saturated rings. The second-order valence-electron chi connectivity index (χ2n) is 3.54. The number of H-pyrrole nitrogens is 1. The van der Waals surface area contributed by atoms with Crippen molar-refractivity contribution in [1.82, 2.24) is 19.1 Å². The van der Waals surface area contributed by atoms with Crippen molar-refractivity contribution >= 4 is 16.9 Å². The maximum atomic E-state index is 11.8. The zero-order chi connectivity index (χ0) is 11.9. The van der Waals surface area contributed by atoms with Crippen LogP contribution in [-0.4, -0.2) is 24.9 Å². The predicted molar refractivity (Wildman–Crippen MR) is 56.3 cm³/mol. The Morgan fingerprint density at radius 1 is 1.50 bits per heavy atom. The minimum atomic E-state index is -0.542. The highest BCUT2D eigenvalue weighted by Gasteiger charge is 2.13. The summed E-state index contributed by atoms with van der Waals surface area (Å²) in [5.41, 5.74) is -0.552. The summed E-state index contributed by atoms with van der Waals surface area (Å²) in [7, 11) is 1.50. The number of nitrogens with zero attached hydrogens (tertiary/aromatic N) is 3. The van der Waals surface area contributed by atoms with Crippen LogP contribution < -0.4 is 11.2 Å². The molecule has 0 amide bonds. The fourth-order valence-corrected chi connectivity index (χ4v) is 1.55. The Morgan fingerprint density at radius 3 is 2.81 bits per heavy atom. The molecule has 0 unspecified atom stereocenters. The van der Waals surface area contributed by atoms with Crippen LogP contribution in [-0.2, 0) is 18.4 Å². The van der Waals surface area contributed by atoms with Gasteiger partial charge in [0, 0.05) is 7.05 Å². The molecule has 0 atom stereocenters. The number of aromatic amines is 1. The lowest BCUT2D eigenvalue weighted by Crippen LogP contribution is -2.40. The molecular formula is C9H10N4O3. The van der Waals surface area contributed by atoms with Crippen LogP contribution in [0.1, 0.15) is 6.92 Å². The van der Waals surface area contributed by atoms with Crippen LogP contribution in [0.2, 0.25) is 0 Å². The van der Waals surface area contributed by atoms with Gasteiger partial charge in [-0.3, -0.25) is 18.7 Å². The largest absolute Gasteiger partial charge is 0.339 e. The van der Waals surface area contributed by atoms with Gasteiger partial charge >= 0.3 is 5.69 Å². The predicted octanol–water partition coefficient (Wildman–Crippen LogP) is -0.988. The molecule has 16 heavy (non-hydrogen) atoms. The molecule has 0 bridgehead atoms. The summed E-state index contributed by atoms with van der Waals surface area (Å²) in [5, 5.41) is 0. The van der Waals surface area contributed by atoms with Crippen molar-refractivity contribution < 1.29 is 4.79 Å². The normalized spacial score (nSPS) is 10.9. The number of rotatable bonds is 2. The van der Waals surface area contributed by atoms with Gasteiger partial charge in [0.1, 0.15) is 11.3 Å². The van der Waals surface area contributed by atoms with Crippen LogP contribution >= 0.6 is 0 Å². The lowest BCUT2D eigenvalue weighted by Gasteiger charge is -2.05. The van der Waals surface area contributed by atoms with Crippen LogP contribution in [0.25, 0.3) is 11.2 Å². The highest BCUT2D eigenvalue weighted by atomic mass is 16.2. The molecule has 2 rings (SSSR count). The maximum absolute atomic E-state index is 11.8. The van der Waals surface area contributed by atoms with Crippen molar-refractivity contribution in [1.29, 1.82) is 0 Å². The number of imidazole rings is 1. The Kier molecular flexibility index (Phi) is 2.22. The number of Topliss-reactive ketones (excluding diaryl/α,β-unsaturated/α-hetero) is 1. The van der Waals surface area contributed by atoms with Crippen molar-refractivity contribution in [3.63, 3.8) is 0 Å². The van der Waals surface area contributed by atoms with Gasteiger partial charge in [-0.25, -0.2) is 9.78 Å². The van der Waals surface area contributed by atoms with Crippen LogP contribution in [0.15, 0.2) is 15.9 Å². The van der Waals surface area contributed by atoms with E-state index in [0.29, 0.717) is 0 Å². The zero-order valence-electron chi connectivity index (χ0n) is 8.85. The second-order valence-corrected chi connectivity index (χ2v) is 3.54. The highest BCUT2D eigenvalue weighted by molar-refractivity contribution is 5.76. The minimum absolute atomic E-state index is 0.222. The molecule has 0 spiro atoms. The molecule has 0 aliphatic carbocycles. The van der Waals surface area contributed by atoms with E-state index >= 15 is 0 Å². The molecule has 1 N–H and O–H groups in total. The number of carbonyl (C=O) groups excluding carboxylic acids is 1. The van der Waals surface area contributed by atoms with Gasteiger partial charge in [0.25, 0.3) is 5.56 Å². The van der Waals surface area contributed by atoms with Crippen LogP contribution in [0.3, 0.4) is 0 Å². The molecule has 2 aromatic heterocycles. The molecule has 0 saturated carbocycles. The first-order chi connectivity index (χ1) is 7.52. The van der Waals surface area contributed by atoms with Crippen molar-refractivity contribution in [2.45, 2.75) is 13.5 Å². The van der Waals surface area contributed by atoms with E-state index in [9.17, 15) is 14.4 Å². The maximum Gasteiger partial charge on any atom is 0.332 e. The van der Waals surface area contributed by atoms with Gasteiger partial charge in [-0.15, -0.1) is 0 Å². The third kappa shape index (κ3) is 1.37. The SMILES string of the molecule is CC(=O)Cn1c(=O)c2[nH]cnc2n(C)c1=O. The molecule has 0 aromatic carbocycles. The fraction of sp³-hybridized carbons (Fsp3) is 0.333. The summed E-state index contributed by atoms with van der Waals surface area (Å²) < 4.78 is 2.12. The molecule has 84 valence electrons. The van der Waals surface area contributed by atoms with Gasteiger partial charge < -0.3 is 4.98 Å². The van der Waals surface area contributed by atoms with Crippen molar-refractivity contribution in [3.8, 4) is 0 Å². The molecule has 2 aromatic rings. The van der Waals surface area contributed by atoms with E-state index in [1.807, 2.05) is 0 Å². The Labute approximate surface area is 89.3 Å². The van der Waals surface area contributed by atoms with Gasteiger partial charge in [0.15, 0.2) is 5.65 Å². The standard InChI is InChI=1S/C9H10N4O3/c1-5(14)3-13-8(15)6-7(11-4-10-6)12(2)9(13)16/h4H,3H2,1-2H3,(H,10,11). The molecule has 7 heteroatoms. The Balaban J connectivity index is 2.89. The molecule has 0 aliphatic rings. The van der Waals surface area contributed by atoms with E-state index in [1.165, 1.54) is 24.9 Å². The molecular weight excluding hydrogens is 212 g/mol. The van der Waals surface area contributed by atoms with Crippen molar-refractivity contribution in [2.75, 3.05) is 0 Å². The topological polar surface area (TPSA) is 89.8 Å². The Bertz CT molecular complexity index is 676. The average molecular weight is 222 g/mol. The summed E-state index contributed by atoms with van der Waals surface area (Å²) in [4.78, 5) is 41.1. The first kappa shape index (κ1) is 10.3. The van der Waals surface area contributed by atoms with Crippen molar-refractivity contribution in [3.05, 3.63) is 27.2 Å². The highest BCUT2D eigenvalue weighted by Crippen LogP contribution is 1.98. The number of carbonyl (C=O) groups is 1. The summed E-state index contributed by atoms with van der Waals surface area (Å²) in [5.74, 6) is -0.252. The van der Waals surface area contributed by atoms with E-state index in [1.54, 1.807) is 0 Å². The van der Waals surface area contributed by atoms with Crippen molar-refractivity contribution in [2.24, 2.45) is 7.05 Å². The average Bonchev–Trinajstić information content (AvgIpc) is 2.70. The number of nitrogens with one attached hydrogen (secondary N) is 1.